The van der Waals surface area contributed by atoms with Gasteiger partial charge in [-0.3, -0.25) is 14.4 Å². The molecule has 27 heavy (non-hydrogen) atoms. The van der Waals surface area contributed by atoms with Crippen LogP contribution in [0.1, 0.15) is 0 Å². The SMILES string of the molecule is CN(CC(=O)Nc1nc2ccc3ccccc3c2s1)C(=O)CNC(=O)CN. The Morgan fingerprint density at radius 2 is 1.93 bits per heavy atom. The lowest BCUT2D eigenvalue weighted by Gasteiger charge is -2.16. The van der Waals surface area contributed by atoms with Gasteiger partial charge in [0.15, 0.2) is 5.13 Å². The topological polar surface area (TPSA) is 117 Å². The van der Waals surface area contributed by atoms with Gasteiger partial charge >= 0.3 is 0 Å². The molecule has 0 fully saturated rings. The Kier molecular flexibility index (Phi) is 5.63. The first-order chi connectivity index (χ1) is 13.0. The molecule has 8 nitrogen and oxygen atoms in total. The minimum Gasteiger partial charge on any atom is -0.346 e. The van der Waals surface area contributed by atoms with Gasteiger partial charge in [-0.1, -0.05) is 41.7 Å². The molecule has 1 heterocycles. The van der Waals surface area contributed by atoms with Crippen molar-refractivity contribution in [2.75, 3.05) is 32.0 Å². The Bertz CT molecular complexity index is 1020. The van der Waals surface area contributed by atoms with E-state index in [2.05, 4.69) is 15.6 Å². The van der Waals surface area contributed by atoms with Gasteiger partial charge in [0, 0.05) is 12.4 Å². The fourth-order valence-electron chi connectivity index (χ4n) is 2.55. The zero-order valence-corrected chi connectivity index (χ0v) is 15.5. The Balaban J connectivity index is 1.64. The zero-order valence-electron chi connectivity index (χ0n) is 14.7. The number of fused-ring (bicyclic) bond motifs is 3. The molecule has 0 saturated heterocycles. The number of hydrogen-bond donors (Lipinski definition) is 3. The number of nitrogens with zero attached hydrogens (tertiary/aromatic N) is 2. The summed E-state index contributed by atoms with van der Waals surface area (Å²) in [5, 5.41) is 7.76. The summed E-state index contributed by atoms with van der Waals surface area (Å²) in [5.41, 5.74) is 5.97. The molecule has 0 aliphatic rings. The van der Waals surface area contributed by atoms with Crippen LogP contribution in [0.4, 0.5) is 5.13 Å². The predicted octanol–water partition coefficient (Wildman–Crippen LogP) is 0.921. The van der Waals surface area contributed by atoms with Crippen molar-refractivity contribution in [1.82, 2.24) is 15.2 Å². The standard InChI is InChI=1S/C18H19N5O3S/c1-23(16(26)9-20-14(24)8-19)10-15(25)22-18-21-13-7-6-11-4-2-3-5-12(11)17(13)27-18/h2-7H,8-10,19H2,1H3,(H,20,24)(H,21,22,25). The third-order valence-corrected chi connectivity index (χ3v) is 4.97. The average Bonchev–Trinajstić information content (AvgIpc) is 3.08. The Hall–Kier alpha value is -3.04. The van der Waals surface area contributed by atoms with Crippen LogP contribution in [-0.4, -0.2) is 54.3 Å². The summed E-state index contributed by atoms with van der Waals surface area (Å²) in [4.78, 5) is 40.9. The molecule has 2 aromatic carbocycles. The van der Waals surface area contributed by atoms with Crippen LogP contribution in [0.3, 0.4) is 0 Å². The highest BCUT2D eigenvalue weighted by atomic mass is 32.1. The number of anilines is 1. The van der Waals surface area contributed by atoms with Gasteiger partial charge < -0.3 is 21.3 Å². The fraction of sp³-hybridized carbons (Fsp3) is 0.222. The first-order valence-electron chi connectivity index (χ1n) is 8.27. The number of thiazole rings is 1. The second-order valence-corrected chi connectivity index (χ2v) is 6.93. The van der Waals surface area contributed by atoms with Crippen molar-refractivity contribution in [2.45, 2.75) is 0 Å². The van der Waals surface area contributed by atoms with Crippen LogP contribution in [0.5, 0.6) is 0 Å². The van der Waals surface area contributed by atoms with Crippen LogP contribution in [0.2, 0.25) is 0 Å². The number of likely N-dealkylation sites (N-methyl/N-ethyl adjacent to an activating group) is 1. The number of nitrogens with one attached hydrogen (secondary N) is 2. The smallest absolute Gasteiger partial charge is 0.245 e. The van der Waals surface area contributed by atoms with E-state index in [0.717, 1.165) is 21.0 Å². The fourth-order valence-corrected chi connectivity index (χ4v) is 3.57. The summed E-state index contributed by atoms with van der Waals surface area (Å²) < 4.78 is 0.998. The van der Waals surface area contributed by atoms with Crippen molar-refractivity contribution in [1.29, 1.82) is 0 Å². The van der Waals surface area contributed by atoms with Crippen LogP contribution in [0.15, 0.2) is 36.4 Å². The highest BCUT2D eigenvalue weighted by molar-refractivity contribution is 7.23. The maximum absolute atomic E-state index is 12.2. The lowest BCUT2D eigenvalue weighted by atomic mass is 10.1. The molecule has 140 valence electrons. The van der Waals surface area contributed by atoms with E-state index in [4.69, 9.17) is 5.73 Å². The number of benzene rings is 2. The van der Waals surface area contributed by atoms with Gasteiger partial charge in [-0.05, 0) is 11.5 Å². The van der Waals surface area contributed by atoms with Crippen molar-refractivity contribution < 1.29 is 14.4 Å². The summed E-state index contributed by atoms with van der Waals surface area (Å²) >= 11 is 1.39. The molecule has 0 bridgehead atoms. The normalized spacial score (nSPS) is 10.7. The van der Waals surface area contributed by atoms with E-state index in [9.17, 15) is 14.4 Å². The predicted molar refractivity (Wildman–Crippen MR) is 105 cm³/mol. The monoisotopic (exact) mass is 385 g/mol. The lowest BCUT2D eigenvalue weighted by Crippen LogP contribution is -2.42. The quantitative estimate of drug-likeness (QED) is 0.583. The molecular weight excluding hydrogens is 366 g/mol. The molecule has 3 rings (SSSR count). The van der Waals surface area contributed by atoms with Crippen molar-refractivity contribution in [3.63, 3.8) is 0 Å². The second kappa shape index (κ2) is 8.11. The van der Waals surface area contributed by atoms with Crippen molar-refractivity contribution in [2.24, 2.45) is 5.73 Å². The van der Waals surface area contributed by atoms with E-state index in [1.165, 1.54) is 23.3 Å². The number of hydrogen-bond acceptors (Lipinski definition) is 6. The van der Waals surface area contributed by atoms with E-state index >= 15 is 0 Å². The summed E-state index contributed by atoms with van der Waals surface area (Å²) in [6.45, 7) is -0.537. The zero-order chi connectivity index (χ0) is 19.4. The average molecular weight is 385 g/mol. The minimum absolute atomic E-state index is 0.145. The molecule has 3 amide bonds. The van der Waals surface area contributed by atoms with E-state index in [1.54, 1.807) is 0 Å². The van der Waals surface area contributed by atoms with E-state index in [1.807, 2.05) is 36.4 Å². The molecule has 1 aromatic heterocycles. The molecule has 0 aliphatic carbocycles. The maximum Gasteiger partial charge on any atom is 0.245 e. The summed E-state index contributed by atoms with van der Waals surface area (Å²) in [7, 11) is 1.49. The van der Waals surface area contributed by atoms with E-state index in [0.29, 0.717) is 5.13 Å². The summed E-state index contributed by atoms with van der Waals surface area (Å²) in [5.74, 6) is -1.18. The molecule has 0 radical (unpaired) electrons. The molecular formula is C18H19N5O3S. The number of amides is 3. The molecule has 9 heteroatoms. The number of carbonyl (C=O) groups is 3. The molecule has 0 saturated carbocycles. The van der Waals surface area contributed by atoms with Crippen LogP contribution in [0.25, 0.3) is 21.0 Å². The molecule has 0 spiro atoms. The number of rotatable bonds is 6. The van der Waals surface area contributed by atoms with Crippen LogP contribution in [-0.2, 0) is 14.4 Å². The minimum atomic E-state index is -0.428. The molecule has 3 aromatic rings. The van der Waals surface area contributed by atoms with Gasteiger partial charge in [0.05, 0.1) is 29.9 Å². The largest absolute Gasteiger partial charge is 0.346 e. The Labute approximate surface area is 159 Å². The number of aromatic nitrogens is 1. The molecule has 0 unspecified atom stereocenters. The van der Waals surface area contributed by atoms with Gasteiger partial charge in [-0.15, -0.1) is 0 Å². The van der Waals surface area contributed by atoms with E-state index < -0.39 is 5.91 Å². The third kappa shape index (κ3) is 4.39. The van der Waals surface area contributed by atoms with E-state index in [-0.39, 0.29) is 31.4 Å². The molecule has 4 N–H and O–H groups in total. The second-order valence-electron chi connectivity index (χ2n) is 5.93. The van der Waals surface area contributed by atoms with Gasteiger partial charge in [-0.25, -0.2) is 4.98 Å². The van der Waals surface area contributed by atoms with Crippen molar-refractivity contribution >= 4 is 55.2 Å². The van der Waals surface area contributed by atoms with Crippen molar-refractivity contribution in [3.05, 3.63) is 36.4 Å². The van der Waals surface area contributed by atoms with Crippen LogP contribution >= 0.6 is 11.3 Å². The highest BCUT2D eigenvalue weighted by Crippen LogP contribution is 2.32. The Morgan fingerprint density at radius 3 is 2.70 bits per heavy atom. The maximum atomic E-state index is 12.2. The molecule has 0 aliphatic heterocycles. The van der Waals surface area contributed by atoms with Crippen molar-refractivity contribution in [3.8, 4) is 0 Å². The van der Waals surface area contributed by atoms with Gasteiger partial charge in [0.2, 0.25) is 17.7 Å². The van der Waals surface area contributed by atoms with Gasteiger partial charge in [0.25, 0.3) is 0 Å². The third-order valence-electron chi connectivity index (χ3n) is 3.95. The van der Waals surface area contributed by atoms with Crippen LogP contribution < -0.4 is 16.4 Å². The molecule has 0 atom stereocenters. The summed E-state index contributed by atoms with van der Waals surface area (Å²) in [6, 6.07) is 11.9. The van der Waals surface area contributed by atoms with Crippen LogP contribution in [0, 0.1) is 0 Å². The number of nitrogens with two attached hydrogens (primary N) is 1. The van der Waals surface area contributed by atoms with Gasteiger partial charge in [0.1, 0.15) is 0 Å². The van der Waals surface area contributed by atoms with Gasteiger partial charge in [-0.2, -0.15) is 0 Å². The summed E-state index contributed by atoms with van der Waals surface area (Å²) in [6.07, 6.45) is 0. The first-order valence-corrected chi connectivity index (χ1v) is 9.08. The lowest BCUT2D eigenvalue weighted by molar-refractivity contribution is -0.134. The highest BCUT2D eigenvalue weighted by Gasteiger charge is 2.15. The first kappa shape index (κ1) is 18.7. The Morgan fingerprint density at radius 1 is 1.15 bits per heavy atom. The number of carbonyl (C=O) groups excluding carboxylic acids is 3.